The van der Waals surface area contributed by atoms with E-state index in [9.17, 15) is 10.1 Å². The molecule has 0 aliphatic carbocycles. The molecular formula is C28H19Cl3N2O2. The number of anilines is 1. The van der Waals surface area contributed by atoms with Gasteiger partial charge in [-0.3, -0.25) is 4.79 Å². The molecule has 0 bridgehead atoms. The molecule has 0 saturated carbocycles. The number of nitrogens with one attached hydrogen (secondary N) is 1. The van der Waals surface area contributed by atoms with E-state index in [4.69, 9.17) is 39.5 Å². The highest BCUT2D eigenvalue weighted by Gasteiger charge is 2.15. The number of amides is 1. The van der Waals surface area contributed by atoms with Crippen LogP contribution in [0.3, 0.4) is 0 Å². The summed E-state index contributed by atoms with van der Waals surface area (Å²) in [6, 6.07) is 23.8. The van der Waals surface area contributed by atoms with Crippen LogP contribution in [0.1, 0.15) is 16.7 Å². The number of aryl methyl sites for hydroxylation is 1. The van der Waals surface area contributed by atoms with Gasteiger partial charge in [0, 0.05) is 31.9 Å². The van der Waals surface area contributed by atoms with Crippen LogP contribution in [0, 0.1) is 18.3 Å². The number of carbonyl (C=O) groups excluding carboxylic acids is 1. The van der Waals surface area contributed by atoms with Crippen molar-refractivity contribution in [1.29, 1.82) is 5.26 Å². The molecule has 1 amide bonds. The molecule has 0 spiro atoms. The van der Waals surface area contributed by atoms with E-state index in [-0.39, 0.29) is 12.2 Å². The van der Waals surface area contributed by atoms with Crippen molar-refractivity contribution in [3.8, 4) is 11.8 Å². The van der Waals surface area contributed by atoms with Gasteiger partial charge in [-0.05, 0) is 59.7 Å². The first kappa shape index (κ1) is 24.6. The lowest BCUT2D eigenvalue weighted by atomic mass is 10.0. The van der Waals surface area contributed by atoms with Gasteiger partial charge in [-0.2, -0.15) is 5.26 Å². The zero-order chi connectivity index (χ0) is 24.9. The van der Waals surface area contributed by atoms with Gasteiger partial charge >= 0.3 is 0 Å². The number of nitrogens with zero attached hydrogens (tertiary/aromatic N) is 1. The van der Waals surface area contributed by atoms with E-state index < -0.39 is 5.91 Å². The fourth-order valence-electron chi connectivity index (χ4n) is 3.51. The Kier molecular flexibility index (Phi) is 7.63. The number of benzene rings is 4. The molecule has 35 heavy (non-hydrogen) atoms. The van der Waals surface area contributed by atoms with E-state index in [1.165, 1.54) is 6.08 Å². The summed E-state index contributed by atoms with van der Waals surface area (Å²) in [5, 5.41) is 15.9. The van der Waals surface area contributed by atoms with Crippen LogP contribution in [-0.4, -0.2) is 5.91 Å². The van der Waals surface area contributed by atoms with E-state index >= 15 is 0 Å². The lowest BCUT2D eigenvalue weighted by Crippen LogP contribution is -2.13. The van der Waals surface area contributed by atoms with Crippen LogP contribution >= 0.6 is 34.8 Å². The Morgan fingerprint density at radius 3 is 2.54 bits per heavy atom. The van der Waals surface area contributed by atoms with Crippen LogP contribution in [-0.2, 0) is 11.4 Å². The van der Waals surface area contributed by atoms with Gasteiger partial charge in [-0.15, -0.1) is 0 Å². The quantitative estimate of drug-likeness (QED) is 0.205. The zero-order valence-electron chi connectivity index (χ0n) is 18.6. The van der Waals surface area contributed by atoms with Gasteiger partial charge in [0.15, 0.2) is 0 Å². The molecule has 0 aliphatic rings. The number of nitriles is 1. The van der Waals surface area contributed by atoms with Crippen molar-refractivity contribution < 1.29 is 9.53 Å². The van der Waals surface area contributed by atoms with Gasteiger partial charge in [0.2, 0.25) is 0 Å². The van der Waals surface area contributed by atoms with Crippen LogP contribution in [0.25, 0.3) is 16.8 Å². The zero-order valence-corrected chi connectivity index (χ0v) is 20.9. The van der Waals surface area contributed by atoms with Crippen LogP contribution in [0.15, 0.2) is 78.4 Å². The third kappa shape index (κ3) is 5.78. The number of fused-ring (bicyclic) bond motifs is 1. The van der Waals surface area contributed by atoms with Gasteiger partial charge in [0.25, 0.3) is 5.91 Å². The average Bonchev–Trinajstić information content (AvgIpc) is 2.84. The molecule has 7 heteroatoms. The highest BCUT2D eigenvalue weighted by Crippen LogP contribution is 2.32. The molecule has 0 atom stereocenters. The Labute approximate surface area is 218 Å². The second-order valence-corrected chi connectivity index (χ2v) is 9.06. The van der Waals surface area contributed by atoms with Crippen LogP contribution in [0.5, 0.6) is 5.75 Å². The molecule has 0 unspecified atom stereocenters. The first-order valence-corrected chi connectivity index (χ1v) is 11.8. The highest BCUT2D eigenvalue weighted by atomic mass is 35.5. The molecule has 0 aliphatic heterocycles. The predicted molar refractivity (Wildman–Crippen MR) is 143 cm³/mol. The molecule has 4 rings (SSSR count). The lowest BCUT2D eigenvalue weighted by molar-refractivity contribution is -0.112. The number of halogens is 3. The summed E-state index contributed by atoms with van der Waals surface area (Å²) in [4.78, 5) is 12.9. The van der Waals surface area contributed by atoms with E-state index in [1.54, 1.807) is 36.4 Å². The fraction of sp³-hybridized carbons (Fsp3) is 0.0714. The molecule has 0 fully saturated rings. The maximum atomic E-state index is 12.9. The molecule has 4 nitrogen and oxygen atoms in total. The van der Waals surface area contributed by atoms with Gasteiger partial charge in [-0.25, -0.2) is 0 Å². The smallest absolute Gasteiger partial charge is 0.266 e. The SMILES string of the molecule is Cc1ccc(NC(=O)/C(C#N)=C/c2c(OCc3ccc(Cl)cc3Cl)ccc3ccccc23)cc1Cl. The van der Waals surface area contributed by atoms with E-state index in [1.807, 2.05) is 49.4 Å². The summed E-state index contributed by atoms with van der Waals surface area (Å²) < 4.78 is 6.09. The summed E-state index contributed by atoms with van der Waals surface area (Å²) in [7, 11) is 0. The Balaban J connectivity index is 1.70. The number of hydrogen-bond donors (Lipinski definition) is 1. The minimum Gasteiger partial charge on any atom is -0.488 e. The van der Waals surface area contributed by atoms with Gasteiger partial charge in [0.1, 0.15) is 24.0 Å². The van der Waals surface area contributed by atoms with Crippen molar-refractivity contribution in [1.82, 2.24) is 0 Å². The van der Waals surface area contributed by atoms with E-state index in [0.717, 1.165) is 21.9 Å². The molecular weight excluding hydrogens is 503 g/mol. The maximum absolute atomic E-state index is 12.9. The van der Waals surface area contributed by atoms with Crippen molar-refractivity contribution in [2.75, 3.05) is 5.32 Å². The van der Waals surface area contributed by atoms with E-state index in [2.05, 4.69) is 5.32 Å². The second-order valence-electron chi connectivity index (χ2n) is 7.81. The molecule has 0 saturated heterocycles. The Hall–Kier alpha value is -3.49. The third-order valence-corrected chi connectivity index (χ3v) is 6.41. The number of rotatable bonds is 6. The van der Waals surface area contributed by atoms with Gasteiger partial charge in [0.05, 0.1) is 0 Å². The number of hydrogen-bond acceptors (Lipinski definition) is 3. The minimum atomic E-state index is -0.549. The predicted octanol–water partition coefficient (Wildman–Crippen LogP) is 8.23. The Bertz CT molecular complexity index is 1510. The largest absolute Gasteiger partial charge is 0.488 e. The maximum Gasteiger partial charge on any atom is 0.266 e. The number of carbonyl (C=O) groups is 1. The molecule has 174 valence electrons. The van der Waals surface area contributed by atoms with Gasteiger partial charge < -0.3 is 10.1 Å². The monoisotopic (exact) mass is 520 g/mol. The number of ether oxygens (including phenoxy) is 1. The standard InChI is InChI=1S/C28H19Cl3N2O2/c1-17-6-10-22(14-25(17)30)33-28(34)20(15-32)12-24-23-5-3-2-4-18(23)8-11-27(24)35-16-19-7-9-21(29)13-26(19)31/h2-14H,16H2,1H3,(H,33,34)/b20-12+. The second kappa shape index (κ2) is 10.8. The fourth-order valence-corrected chi connectivity index (χ4v) is 4.15. The van der Waals surface area contributed by atoms with Gasteiger partial charge in [-0.1, -0.05) is 77.3 Å². The normalized spacial score (nSPS) is 11.2. The topological polar surface area (TPSA) is 62.1 Å². The summed E-state index contributed by atoms with van der Waals surface area (Å²) in [6.07, 6.45) is 1.53. The third-order valence-electron chi connectivity index (χ3n) is 5.41. The Morgan fingerprint density at radius 2 is 1.80 bits per heavy atom. The summed E-state index contributed by atoms with van der Waals surface area (Å²) in [5.74, 6) is -0.0410. The van der Waals surface area contributed by atoms with Crippen molar-refractivity contribution in [2.45, 2.75) is 13.5 Å². The molecule has 4 aromatic rings. The van der Waals surface area contributed by atoms with Crippen molar-refractivity contribution >= 4 is 63.2 Å². The summed E-state index contributed by atoms with van der Waals surface area (Å²) in [5.41, 5.74) is 2.68. The molecule has 0 radical (unpaired) electrons. The van der Waals surface area contributed by atoms with Crippen LogP contribution in [0.2, 0.25) is 15.1 Å². The van der Waals surface area contributed by atoms with Crippen LogP contribution < -0.4 is 10.1 Å². The summed E-state index contributed by atoms with van der Waals surface area (Å²) >= 11 is 18.5. The first-order valence-electron chi connectivity index (χ1n) is 10.6. The summed E-state index contributed by atoms with van der Waals surface area (Å²) in [6.45, 7) is 2.05. The van der Waals surface area contributed by atoms with Crippen molar-refractivity contribution in [3.63, 3.8) is 0 Å². The molecule has 0 aromatic heterocycles. The van der Waals surface area contributed by atoms with E-state index in [0.29, 0.717) is 32.1 Å². The van der Waals surface area contributed by atoms with Crippen molar-refractivity contribution in [2.24, 2.45) is 0 Å². The minimum absolute atomic E-state index is 0.0765. The first-order chi connectivity index (χ1) is 16.9. The molecule has 4 aromatic carbocycles. The lowest BCUT2D eigenvalue weighted by Gasteiger charge is -2.14. The van der Waals surface area contributed by atoms with Crippen LogP contribution in [0.4, 0.5) is 5.69 Å². The van der Waals surface area contributed by atoms with Crippen molar-refractivity contribution in [3.05, 3.63) is 110 Å². The molecule has 1 N–H and O–H groups in total. The highest BCUT2D eigenvalue weighted by molar-refractivity contribution is 6.35. The Morgan fingerprint density at radius 1 is 1.00 bits per heavy atom. The molecule has 0 heterocycles. The average molecular weight is 522 g/mol.